The zero-order valence-corrected chi connectivity index (χ0v) is 20.7. The molecule has 2 saturated heterocycles. The van der Waals surface area contributed by atoms with E-state index in [1.807, 2.05) is 0 Å². The van der Waals surface area contributed by atoms with Crippen LogP contribution >= 0.6 is 24.0 Å². The van der Waals surface area contributed by atoms with E-state index in [0.717, 1.165) is 38.7 Å². The van der Waals surface area contributed by atoms with E-state index in [9.17, 15) is 0 Å². The van der Waals surface area contributed by atoms with Gasteiger partial charge in [-0.2, -0.15) is 0 Å². The van der Waals surface area contributed by atoms with E-state index >= 15 is 0 Å². The minimum atomic E-state index is 0. The lowest BCUT2D eigenvalue weighted by Gasteiger charge is -2.57. The highest BCUT2D eigenvalue weighted by Crippen LogP contribution is 2.60. The topological polar surface area (TPSA) is 58.1 Å². The Hall–Kier alpha value is -0.120. The molecule has 1 spiro atoms. The summed E-state index contributed by atoms with van der Waals surface area (Å²) in [6.07, 6.45) is 10.6. The Bertz CT molecular complexity index is 533. The Kier molecular flexibility index (Phi) is 8.89. The molecule has 0 aromatic rings. The second-order valence-corrected chi connectivity index (χ2v) is 9.24. The molecule has 3 atom stereocenters. The van der Waals surface area contributed by atoms with E-state index < -0.39 is 0 Å². The number of nitrogens with one attached hydrogen (secondary N) is 2. The van der Waals surface area contributed by atoms with Gasteiger partial charge < -0.3 is 25.0 Å². The van der Waals surface area contributed by atoms with Crippen LogP contribution in [0.4, 0.5) is 0 Å². The molecule has 4 aliphatic rings. The molecule has 4 fully saturated rings. The molecule has 2 saturated carbocycles. The number of piperidine rings is 1. The molecule has 0 bridgehead atoms. The van der Waals surface area contributed by atoms with Crippen molar-refractivity contribution in [3.8, 4) is 0 Å². The van der Waals surface area contributed by atoms with Crippen molar-refractivity contribution in [3.05, 3.63) is 0 Å². The third-order valence-corrected chi connectivity index (χ3v) is 7.65. The number of hydrogen-bond donors (Lipinski definition) is 2. The van der Waals surface area contributed by atoms with Crippen LogP contribution < -0.4 is 10.6 Å². The van der Waals surface area contributed by atoms with Crippen LogP contribution in [0.15, 0.2) is 4.99 Å². The maximum absolute atomic E-state index is 6.15. The number of methoxy groups -OCH3 is 1. The van der Waals surface area contributed by atoms with Gasteiger partial charge in [0.2, 0.25) is 0 Å². The molecule has 0 aromatic heterocycles. The van der Waals surface area contributed by atoms with Crippen LogP contribution in [0.5, 0.6) is 0 Å². The number of rotatable bonds is 7. The first-order valence-electron chi connectivity index (χ1n) is 11.7. The number of ether oxygens (including phenoxy) is 2. The summed E-state index contributed by atoms with van der Waals surface area (Å²) in [5, 5.41) is 7.66. The van der Waals surface area contributed by atoms with E-state index in [4.69, 9.17) is 14.5 Å². The van der Waals surface area contributed by atoms with Crippen molar-refractivity contribution in [1.82, 2.24) is 15.5 Å². The van der Waals surface area contributed by atoms with Crippen LogP contribution in [0.25, 0.3) is 0 Å². The van der Waals surface area contributed by atoms with Gasteiger partial charge in [0, 0.05) is 69.9 Å². The van der Waals surface area contributed by atoms with Crippen molar-refractivity contribution in [2.45, 2.75) is 76.5 Å². The first-order chi connectivity index (χ1) is 13.8. The summed E-state index contributed by atoms with van der Waals surface area (Å²) in [7, 11) is 1.79. The highest BCUT2D eigenvalue weighted by atomic mass is 127. The normalized spacial score (nSPS) is 31.9. The van der Waals surface area contributed by atoms with Crippen molar-refractivity contribution in [1.29, 1.82) is 0 Å². The van der Waals surface area contributed by atoms with Gasteiger partial charge in [-0.15, -0.1) is 24.0 Å². The summed E-state index contributed by atoms with van der Waals surface area (Å²) in [6, 6.07) is 1.08. The quantitative estimate of drug-likeness (QED) is 0.234. The Labute approximate surface area is 194 Å². The molecule has 4 rings (SSSR count). The minimum Gasteiger partial charge on any atom is -0.385 e. The fourth-order valence-electron chi connectivity index (χ4n) is 6.27. The standard InChI is InChI=1S/C22H40N4O2.HI/c1-3-23-21(24-17-7-13-26(14-8-17)12-6-15-27-2)25-19-18-9-16-28-20(18)22(19)10-4-5-11-22;/h17-20H,3-16H2,1-2H3,(H2,23,24,25);1H. The summed E-state index contributed by atoms with van der Waals surface area (Å²) in [4.78, 5) is 7.38. The SMILES string of the molecule is CCN=C(NC1CCN(CCCOC)CC1)NC1C2CCOC2C12CCCC2.I. The van der Waals surface area contributed by atoms with E-state index in [-0.39, 0.29) is 24.0 Å². The molecule has 29 heavy (non-hydrogen) atoms. The van der Waals surface area contributed by atoms with E-state index in [1.165, 1.54) is 58.0 Å². The van der Waals surface area contributed by atoms with Gasteiger partial charge in [-0.25, -0.2) is 0 Å². The van der Waals surface area contributed by atoms with Gasteiger partial charge in [0.25, 0.3) is 0 Å². The second kappa shape index (κ2) is 11.0. The van der Waals surface area contributed by atoms with E-state index in [0.29, 0.717) is 29.5 Å². The molecule has 2 heterocycles. The number of fused-ring (bicyclic) bond motifs is 2. The van der Waals surface area contributed by atoms with Crippen LogP contribution in [-0.2, 0) is 9.47 Å². The smallest absolute Gasteiger partial charge is 0.191 e. The van der Waals surface area contributed by atoms with Crippen molar-refractivity contribution in [2.75, 3.05) is 46.5 Å². The molecule has 2 aliphatic carbocycles. The van der Waals surface area contributed by atoms with Crippen molar-refractivity contribution in [2.24, 2.45) is 16.3 Å². The van der Waals surface area contributed by atoms with Crippen molar-refractivity contribution >= 4 is 29.9 Å². The predicted molar refractivity (Wildman–Crippen MR) is 128 cm³/mol. The minimum absolute atomic E-state index is 0. The molecular formula is C22H41IN4O2. The molecular weight excluding hydrogens is 479 g/mol. The zero-order chi connectivity index (χ0) is 19.4. The lowest BCUT2D eigenvalue weighted by atomic mass is 9.54. The molecule has 7 heteroatoms. The zero-order valence-electron chi connectivity index (χ0n) is 18.3. The molecule has 0 aromatic carbocycles. The van der Waals surface area contributed by atoms with Gasteiger partial charge in [-0.05, 0) is 45.4 Å². The Morgan fingerprint density at radius 1 is 1.17 bits per heavy atom. The third-order valence-electron chi connectivity index (χ3n) is 7.65. The first kappa shape index (κ1) is 23.5. The van der Waals surface area contributed by atoms with E-state index in [2.05, 4.69) is 22.5 Å². The Morgan fingerprint density at radius 3 is 2.62 bits per heavy atom. The van der Waals surface area contributed by atoms with Gasteiger partial charge in [0.1, 0.15) is 0 Å². The lowest BCUT2D eigenvalue weighted by Crippen LogP contribution is -2.69. The molecule has 3 unspecified atom stereocenters. The summed E-state index contributed by atoms with van der Waals surface area (Å²) in [5.74, 6) is 1.73. The summed E-state index contributed by atoms with van der Waals surface area (Å²) in [6.45, 7) is 8.28. The average molecular weight is 521 g/mol. The molecule has 168 valence electrons. The van der Waals surface area contributed by atoms with Crippen molar-refractivity contribution < 1.29 is 9.47 Å². The molecule has 0 radical (unpaired) electrons. The number of likely N-dealkylation sites (tertiary alicyclic amines) is 1. The lowest BCUT2D eigenvalue weighted by molar-refractivity contribution is -0.125. The number of nitrogens with zero attached hydrogens (tertiary/aromatic N) is 2. The van der Waals surface area contributed by atoms with E-state index in [1.54, 1.807) is 7.11 Å². The van der Waals surface area contributed by atoms with Gasteiger partial charge in [0.15, 0.2) is 5.96 Å². The van der Waals surface area contributed by atoms with Gasteiger partial charge in [0.05, 0.1) is 6.10 Å². The predicted octanol–water partition coefficient (Wildman–Crippen LogP) is 3.01. The van der Waals surface area contributed by atoms with Gasteiger partial charge >= 0.3 is 0 Å². The molecule has 2 aliphatic heterocycles. The number of aliphatic imine (C=N–C) groups is 1. The maximum Gasteiger partial charge on any atom is 0.191 e. The summed E-state index contributed by atoms with van der Waals surface area (Å²) < 4.78 is 11.3. The van der Waals surface area contributed by atoms with Gasteiger partial charge in [-0.1, -0.05) is 12.8 Å². The molecule has 2 N–H and O–H groups in total. The second-order valence-electron chi connectivity index (χ2n) is 9.24. The summed E-state index contributed by atoms with van der Waals surface area (Å²) >= 11 is 0. The van der Waals surface area contributed by atoms with Crippen LogP contribution in [0, 0.1) is 11.3 Å². The monoisotopic (exact) mass is 520 g/mol. The highest BCUT2D eigenvalue weighted by molar-refractivity contribution is 14.0. The third kappa shape index (κ3) is 5.04. The fourth-order valence-corrected chi connectivity index (χ4v) is 6.27. The maximum atomic E-state index is 6.15. The van der Waals surface area contributed by atoms with Crippen molar-refractivity contribution in [3.63, 3.8) is 0 Å². The average Bonchev–Trinajstić information content (AvgIpc) is 3.37. The van der Waals surface area contributed by atoms with Crippen LogP contribution in [0.2, 0.25) is 0 Å². The fraction of sp³-hybridized carbons (Fsp3) is 0.955. The van der Waals surface area contributed by atoms with Crippen LogP contribution in [0.3, 0.4) is 0 Å². The number of guanidine groups is 1. The first-order valence-corrected chi connectivity index (χ1v) is 11.7. The largest absolute Gasteiger partial charge is 0.385 e. The van der Waals surface area contributed by atoms with Gasteiger partial charge in [-0.3, -0.25) is 4.99 Å². The summed E-state index contributed by atoms with van der Waals surface area (Å²) in [5.41, 5.74) is 0.377. The number of hydrogen-bond acceptors (Lipinski definition) is 4. The highest BCUT2D eigenvalue weighted by Gasteiger charge is 2.65. The van der Waals surface area contributed by atoms with Crippen LogP contribution in [0.1, 0.15) is 58.3 Å². The number of halogens is 1. The Morgan fingerprint density at radius 2 is 1.93 bits per heavy atom. The Balaban J connectivity index is 0.00000240. The van der Waals surface area contributed by atoms with Crippen LogP contribution in [-0.4, -0.2) is 75.5 Å². The molecule has 6 nitrogen and oxygen atoms in total. The molecule has 0 amide bonds.